The van der Waals surface area contributed by atoms with Crippen molar-refractivity contribution in [1.29, 1.82) is 0 Å². The number of hydrogen-bond acceptors (Lipinski definition) is 5. The van der Waals surface area contributed by atoms with E-state index < -0.39 is 5.54 Å². The van der Waals surface area contributed by atoms with Crippen molar-refractivity contribution in [1.82, 2.24) is 5.32 Å². The van der Waals surface area contributed by atoms with Crippen LogP contribution in [0.2, 0.25) is 0 Å². The first-order valence-electron chi connectivity index (χ1n) is 9.13. The fourth-order valence-corrected chi connectivity index (χ4v) is 3.07. The van der Waals surface area contributed by atoms with Gasteiger partial charge in [-0.15, -0.1) is 0 Å². The number of aliphatic hydroxyl groups excluding tert-OH is 2. The van der Waals surface area contributed by atoms with Gasteiger partial charge in [0.05, 0.1) is 25.4 Å². The van der Waals surface area contributed by atoms with Gasteiger partial charge in [-0.1, -0.05) is 30.3 Å². The molecule has 0 atom stereocenters. The average Bonchev–Trinajstić information content (AvgIpc) is 2.71. The van der Waals surface area contributed by atoms with Gasteiger partial charge in [0.2, 0.25) is 0 Å². The molecule has 3 N–H and O–H groups in total. The quantitative estimate of drug-likeness (QED) is 0.400. The van der Waals surface area contributed by atoms with E-state index in [1.54, 1.807) is 14.0 Å². The second-order valence-electron chi connectivity index (χ2n) is 7.03. The third kappa shape index (κ3) is 4.39. The van der Waals surface area contributed by atoms with Crippen molar-refractivity contribution >= 4 is 21.5 Å². The van der Waals surface area contributed by atoms with Crippen LogP contribution in [0.5, 0.6) is 5.75 Å². The molecule has 0 unspecified atom stereocenters. The van der Waals surface area contributed by atoms with Gasteiger partial charge in [0.25, 0.3) is 0 Å². The summed E-state index contributed by atoms with van der Waals surface area (Å²) < 4.78 is 11.0. The first kappa shape index (κ1) is 19.6. The summed E-state index contributed by atoms with van der Waals surface area (Å²) in [6.45, 7) is 2.91. The minimum Gasteiger partial charge on any atom is -0.491 e. The summed E-state index contributed by atoms with van der Waals surface area (Å²) in [6.07, 6.45) is 0. The number of nitrogens with one attached hydrogen (secondary N) is 1. The highest BCUT2D eigenvalue weighted by Gasteiger charge is 2.22. The predicted molar refractivity (Wildman–Crippen MR) is 108 cm³/mol. The van der Waals surface area contributed by atoms with Crippen molar-refractivity contribution in [3.63, 3.8) is 0 Å². The Kier molecular flexibility index (Phi) is 6.29. The molecule has 0 amide bonds. The molecule has 0 fully saturated rings. The minimum atomic E-state index is -0.761. The molecule has 0 bridgehead atoms. The van der Waals surface area contributed by atoms with Crippen molar-refractivity contribution in [3.05, 3.63) is 54.1 Å². The SMILES string of the molecule is COCCOc1ccc2cc3ccccc3cc2c1CNC(C)(CO)CO. The number of aliphatic hydroxyl groups is 2. The van der Waals surface area contributed by atoms with Gasteiger partial charge in [-0.25, -0.2) is 0 Å². The lowest BCUT2D eigenvalue weighted by Gasteiger charge is -2.27. The fourth-order valence-electron chi connectivity index (χ4n) is 3.07. The van der Waals surface area contributed by atoms with Crippen LogP contribution in [0.3, 0.4) is 0 Å². The third-order valence-electron chi connectivity index (χ3n) is 4.89. The largest absolute Gasteiger partial charge is 0.491 e. The molecule has 0 aliphatic rings. The lowest BCUT2D eigenvalue weighted by Crippen LogP contribution is -2.48. The van der Waals surface area contributed by atoms with Crippen LogP contribution in [0.4, 0.5) is 0 Å². The van der Waals surface area contributed by atoms with E-state index >= 15 is 0 Å². The predicted octanol–water partition coefficient (Wildman–Crippen LogP) is 2.85. The molecule has 3 aromatic rings. The van der Waals surface area contributed by atoms with Crippen LogP contribution in [-0.4, -0.2) is 49.3 Å². The number of hydrogen-bond donors (Lipinski definition) is 3. The number of methoxy groups -OCH3 is 1. The van der Waals surface area contributed by atoms with E-state index in [9.17, 15) is 10.2 Å². The van der Waals surface area contributed by atoms with E-state index in [4.69, 9.17) is 9.47 Å². The molecule has 3 rings (SSSR count). The topological polar surface area (TPSA) is 71.0 Å². The Balaban J connectivity index is 2.05. The van der Waals surface area contributed by atoms with Gasteiger partial charge in [-0.2, -0.15) is 0 Å². The van der Waals surface area contributed by atoms with Gasteiger partial charge in [-0.05, 0) is 46.7 Å². The Morgan fingerprint density at radius 2 is 1.63 bits per heavy atom. The maximum atomic E-state index is 9.59. The standard InChI is InChI=1S/C22H27NO4/c1-22(14-24,15-25)23-13-20-19-12-17-6-4-3-5-16(17)11-18(19)7-8-21(20)27-10-9-26-2/h3-8,11-12,23-25H,9-10,13-15H2,1-2H3. The lowest BCUT2D eigenvalue weighted by molar-refractivity contribution is 0.102. The Bertz CT molecular complexity index is 905. The zero-order chi connectivity index (χ0) is 19.3. The number of fused-ring (bicyclic) bond motifs is 2. The summed E-state index contributed by atoms with van der Waals surface area (Å²) in [6, 6.07) is 16.6. The highest BCUT2D eigenvalue weighted by Crippen LogP contribution is 2.32. The smallest absolute Gasteiger partial charge is 0.124 e. The van der Waals surface area contributed by atoms with E-state index in [-0.39, 0.29) is 13.2 Å². The lowest BCUT2D eigenvalue weighted by atomic mass is 9.97. The van der Waals surface area contributed by atoms with Crippen molar-refractivity contribution < 1.29 is 19.7 Å². The zero-order valence-electron chi connectivity index (χ0n) is 15.9. The van der Waals surface area contributed by atoms with E-state index in [0.29, 0.717) is 19.8 Å². The average molecular weight is 369 g/mol. The van der Waals surface area contributed by atoms with E-state index in [2.05, 4.69) is 35.6 Å². The molecule has 0 heterocycles. The van der Waals surface area contributed by atoms with E-state index in [0.717, 1.165) is 27.5 Å². The van der Waals surface area contributed by atoms with E-state index in [1.165, 1.54) is 5.39 Å². The van der Waals surface area contributed by atoms with E-state index in [1.807, 2.05) is 18.2 Å². The number of ether oxygens (including phenoxy) is 2. The molecule has 5 heteroatoms. The minimum absolute atomic E-state index is 0.156. The zero-order valence-corrected chi connectivity index (χ0v) is 15.9. The Hall–Kier alpha value is -2.18. The van der Waals surface area contributed by atoms with Crippen molar-refractivity contribution in [2.45, 2.75) is 19.0 Å². The molecule has 0 radical (unpaired) electrons. The van der Waals surface area contributed by atoms with Crippen LogP contribution in [0.25, 0.3) is 21.5 Å². The van der Waals surface area contributed by atoms with Gasteiger partial charge in [-0.3, -0.25) is 0 Å². The van der Waals surface area contributed by atoms with Crippen LogP contribution >= 0.6 is 0 Å². The van der Waals surface area contributed by atoms with Gasteiger partial charge >= 0.3 is 0 Å². The summed E-state index contributed by atoms with van der Waals surface area (Å²) in [7, 11) is 1.65. The Labute approximate surface area is 159 Å². The van der Waals surface area contributed by atoms with Crippen LogP contribution in [-0.2, 0) is 11.3 Å². The fraction of sp³-hybridized carbons (Fsp3) is 0.364. The molecular formula is C22H27NO4. The molecule has 5 nitrogen and oxygen atoms in total. The summed E-state index contributed by atoms with van der Waals surface area (Å²) in [5.74, 6) is 0.778. The van der Waals surface area contributed by atoms with Crippen LogP contribution in [0, 0.1) is 0 Å². The monoisotopic (exact) mass is 369 g/mol. The molecule has 0 saturated carbocycles. The second-order valence-corrected chi connectivity index (χ2v) is 7.03. The van der Waals surface area contributed by atoms with Gasteiger partial charge < -0.3 is 25.0 Å². The molecule has 144 valence electrons. The summed E-state index contributed by atoms with van der Waals surface area (Å²) in [4.78, 5) is 0. The summed E-state index contributed by atoms with van der Waals surface area (Å²) in [5.41, 5.74) is 0.241. The molecule has 0 aromatic heterocycles. The molecule has 0 spiro atoms. The molecule has 27 heavy (non-hydrogen) atoms. The normalized spacial score (nSPS) is 12.0. The van der Waals surface area contributed by atoms with Gasteiger partial charge in [0.1, 0.15) is 12.4 Å². The molecule has 3 aromatic carbocycles. The van der Waals surface area contributed by atoms with Crippen molar-refractivity contribution in [2.24, 2.45) is 0 Å². The maximum absolute atomic E-state index is 9.59. The van der Waals surface area contributed by atoms with Crippen LogP contribution in [0.15, 0.2) is 48.5 Å². The molecular weight excluding hydrogens is 342 g/mol. The third-order valence-corrected chi connectivity index (χ3v) is 4.89. The highest BCUT2D eigenvalue weighted by atomic mass is 16.5. The van der Waals surface area contributed by atoms with Crippen LogP contribution in [0.1, 0.15) is 12.5 Å². The van der Waals surface area contributed by atoms with Gasteiger partial charge in [0, 0.05) is 19.2 Å². The summed E-state index contributed by atoms with van der Waals surface area (Å²) in [5, 5.41) is 27.0. The Morgan fingerprint density at radius 1 is 0.926 bits per heavy atom. The molecule has 0 aliphatic heterocycles. The number of benzene rings is 3. The van der Waals surface area contributed by atoms with Crippen LogP contribution < -0.4 is 10.1 Å². The number of rotatable bonds is 9. The first-order valence-corrected chi connectivity index (χ1v) is 9.13. The first-order chi connectivity index (χ1) is 13.1. The molecule has 0 aliphatic carbocycles. The Morgan fingerprint density at radius 3 is 2.30 bits per heavy atom. The highest BCUT2D eigenvalue weighted by molar-refractivity contribution is 6.00. The van der Waals surface area contributed by atoms with Crippen molar-refractivity contribution in [3.8, 4) is 5.75 Å². The summed E-state index contributed by atoms with van der Waals surface area (Å²) >= 11 is 0. The van der Waals surface area contributed by atoms with Gasteiger partial charge in [0.15, 0.2) is 0 Å². The molecule has 0 saturated heterocycles. The maximum Gasteiger partial charge on any atom is 0.124 e. The second kappa shape index (κ2) is 8.67. The van der Waals surface area contributed by atoms with Crippen molar-refractivity contribution in [2.75, 3.05) is 33.5 Å².